The van der Waals surface area contributed by atoms with Gasteiger partial charge in [0.1, 0.15) is 54.6 Å². The average molecular weight is 447 g/mol. The molecule has 31 heavy (non-hydrogen) atoms. The highest BCUT2D eigenvalue weighted by atomic mass is 16.7. The molecule has 1 aromatic rings. The summed E-state index contributed by atoms with van der Waals surface area (Å²) in [5.41, 5.74) is 6.13. The summed E-state index contributed by atoms with van der Waals surface area (Å²) < 4.78 is 27.2. The number of nitrogen functional groups attached to an aromatic ring is 1. The zero-order valence-electron chi connectivity index (χ0n) is 16.8. The van der Waals surface area contributed by atoms with Gasteiger partial charge in [0.05, 0.1) is 13.2 Å². The Balaban J connectivity index is 1.72. The molecule has 0 aromatic heterocycles. The number of nitrogens with two attached hydrogens (primary N) is 1. The van der Waals surface area contributed by atoms with E-state index in [1.807, 2.05) is 0 Å². The fraction of sp³-hybridized carbons (Fsp3) is 0.684. The van der Waals surface area contributed by atoms with Gasteiger partial charge in [-0.15, -0.1) is 0 Å². The lowest BCUT2D eigenvalue weighted by Gasteiger charge is -2.46. The van der Waals surface area contributed by atoms with Gasteiger partial charge in [0.2, 0.25) is 6.29 Å². The quantitative estimate of drug-likeness (QED) is 0.209. The summed E-state index contributed by atoms with van der Waals surface area (Å²) in [6.07, 6.45) is -13.5. The highest BCUT2D eigenvalue weighted by molar-refractivity contribution is 5.41. The van der Waals surface area contributed by atoms with Crippen LogP contribution in [0.5, 0.6) is 5.75 Å². The van der Waals surface area contributed by atoms with E-state index in [4.69, 9.17) is 29.4 Å². The minimum Gasteiger partial charge on any atom is -0.462 e. The maximum Gasteiger partial charge on any atom is 0.229 e. The van der Waals surface area contributed by atoms with Crippen LogP contribution in [-0.2, 0) is 18.9 Å². The Bertz CT molecular complexity index is 690. The third kappa shape index (κ3) is 5.09. The van der Waals surface area contributed by atoms with Crippen molar-refractivity contribution in [1.82, 2.24) is 0 Å². The second-order valence-corrected chi connectivity index (χ2v) is 7.40. The van der Waals surface area contributed by atoms with Crippen molar-refractivity contribution in [3.8, 4) is 5.75 Å². The van der Waals surface area contributed by atoms with Gasteiger partial charge in [-0.2, -0.15) is 0 Å². The van der Waals surface area contributed by atoms with Crippen LogP contribution in [0.4, 0.5) is 5.69 Å². The fourth-order valence-electron chi connectivity index (χ4n) is 3.60. The van der Waals surface area contributed by atoms with Gasteiger partial charge < -0.3 is 60.1 Å². The normalized spacial score (nSPS) is 41.1. The van der Waals surface area contributed by atoms with E-state index < -0.39 is 74.6 Å². The maximum absolute atomic E-state index is 10.6. The third-order valence-corrected chi connectivity index (χ3v) is 5.34. The lowest BCUT2D eigenvalue weighted by Crippen LogP contribution is -2.65. The van der Waals surface area contributed by atoms with Gasteiger partial charge in [0, 0.05) is 12.8 Å². The van der Waals surface area contributed by atoms with E-state index in [1.54, 1.807) is 24.3 Å². The topological polar surface area (TPSA) is 194 Å². The summed E-state index contributed by atoms with van der Waals surface area (Å²) in [6.45, 7) is -1.19. The highest BCUT2D eigenvalue weighted by Crippen LogP contribution is 2.31. The molecule has 176 valence electrons. The van der Waals surface area contributed by atoms with Gasteiger partial charge in [0.15, 0.2) is 6.29 Å². The summed E-state index contributed by atoms with van der Waals surface area (Å²) >= 11 is 0. The van der Waals surface area contributed by atoms with Crippen LogP contribution in [0.1, 0.15) is 0 Å². The lowest BCUT2D eigenvalue weighted by atomic mass is 9.97. The second kappa shape index (κ2) is 10.4. The zero-order chi connectivity index (χ0) is 22.7. The predicted octanol–water partition coefficient (Wildman–Crippen LogP) is -3.07. The molecule has 0 radical (unpaired) electrons. The molecule has 2 aliphatic rings. The highest BCUT2D eigenvalue weighted by Gasteiger charge is 2.51. The summed E-state index contributed by atoms with van der Waals surface area (Å²) in [4.78, 5) is 0. The predicted molar refractivity (Wildman–Crippen MR) is 103 cm³/mol. The molecule has 0 saturated carbocycles. The Labute approximate surface area is 178 Å². The largest absolute Gasteiger partial charge is 0.462 e. The molecule has 12 heteroatoms. The van der Waals surface area contributed by atoms with Crippen molar-refractivity contribution in [1.29, 1.82) is 0 Å². The van der Waals surface area contributed by atoms with Gasteiger partial charge in [-0.05, 0) is 24.3 Å². The van der Waals surface area contributed by atoms with E-state index in [2.05, 4.69) is 0 Å². The molecular formula is C19H29NO11. The monoisotopic (exact) mass is 447 g/mol. The van der Waals surface area contributed by atoms with E-state index in [0.717, 1.165) is 0 Å². The van der Waals surface area contributed by atoms with Gasteiger partial charge in [-0.3, -0.25) is 0 Å². The minimum absolute atomic E-state index is 0.315. The molecule has 12 nitrogen and oxygen atoms in total. The average Bonchev–Trinajstić information content (AvgIpc) is 2.76. The van der Waals surface area contributed by atoms with Crippen molar-refractivity contribution < 1.29 is 54.3 Å². The SMILES string of the molecule is COC1C(O)C(CO)OC(OC2C(CO)OC(Oc3ccc(N)cc3)C(O)C2O)C1O. The van der Waals surface area contributed by atoms with Crippen LogP contribution >= 0.6 is 0 Å². The summed E-state index contributed by atoms with van der Waals surface area (Å²) in [5, 5.41) is 60.8. The lowest BCUT2D eigenvalue weighted by molar-refractivity contribution is -0.353. The molecule has 0 spiro atoms. The Kier molecular flexibility index (Phi) is 8.04. The molecule has 2 aliphatic heterocycles. The fourth-order valence-corrected chi connectivity index (χ4v) is 3.60. The van der Waals surface area contributed by atoms with E-state index in [0.29, 0.717) is 11.4 Å². The van der Waals surface area contributed by atoms with Crippen LogP contribution in [0.3, 0.4) is 0 Å². The first kappa shape index (κ1) is 24.1. The number of aliphatic hydroxyl groups is 6. The smallest absolute Gasteiger partial charge is 0.229 e. The van der Waals surface area contributed by atoms with Crippen molar-refractivity contribution >= 4 is 5.69 Å². The molecule has 0 amide bonds. The molecule has 0 bridgehead atoms. The Morgan fingerprint density at radius 2 is 1.42 bits per heavy atom. The van der Waals surface area contributed by atoms with Crippen molar-refractivity contribution in [2.45, 2.75) is 61.4 Å². The summed E-state index contributed by atoms with van der Waals surface area (Å²) in [5.74, 6) is 0.315. The molecule has 1 aromatic carbocycles. The van der Waals surface area contributed by atoms with Crippen LogP contribution in [0, 0.1) is 0 Å². The van der Waals surface area contributed by atoms with Crippen molar-refractivity contribution in [2.24, 2.45) is 0 Å². The van der Waals surface area contributed by atoms with E-state index >= 15 is 0 Å². The Morgan fingerprint density at radius 1 is 0.806 bits per heavy atom. The molecule has 2 fully saturated rings. The molecule has 10 unspecified atom stereocenters. The number of rotatable bonds is 7. The second-order valence-electron chi connectivity index (χ2n) is 7.40. The maximum atomic E-state index is 10.6. The van der Waals surface area contributed by atoms with Crippen LogP contribution in [0.15, 0.2) is 24.3 Å². The van der Waals surface area contributed by atoms with Crippen LogP contribution in [0.2, 0.25) is 0 Å². The standard InChI is InChI=1S/C19H29NO11/c1-27-17-12(23)10(6-21)29-19(15(17)26)31-16-11(7-22)30-18(14(25)13(16)24)28-9-4-2-8(20)3-5-9/h2-5,10-19,21-26H,6-7,20H2,1H3. The number of anilines is 1. The van der Waals surface area contributed by atoms with Gasteiger partial charge in [-0.1, -0.05) is 0 Å². The number of benzene rings is 1. The molecule has 2 heterocycles. The summed E-state index contributed by atoms with van der Waals surface area (Å²) in [7, 11) is 1.26. The van der Waals surface area contributed by atoms with Crippen LogP contribution in [0.25, 0.3) is 0 Å². The van der Waals surface area contributed by atoms with E-state index in [9.17, 15) is 30.6 Å². The molecule has 10 atom stereocenters. The van der Waals surface area contributed by atoms with Crippen molar-refractivity contribution in [3.05, 3.63) is 24.3 Å². The van der Waals surface area contributed by atoms with Crippen LogP contribution < -0.4 is 10.5 Å². The molecule has 8 N–H and O–H groups in total. The van der Waals surface area contributed by atoms with Gasteiger partial charge in [-0.25, -0.2) is 0 Å². The van der Waals surface area contributed by atoms with E-state index in [-0.39, 0.29) is 0 Å². The number of hydrogen-bond donors (Lipinski definition) is 7. The Morgan fingerprint density at radius 3 is 2.00 bits per heavy atom. The minimum atomic E-state index is -1.60. The zero-order valence-corrected chi connectivity index (χ0v) is 16.8. The first-order valence-electron chi connectivity index (χ1n) is 9.76. The molecular weight excluding hydrogens is 418 g/mol. The number of methoxy groups -OCH3 is 1. The number of ether oxygens (including phenoxy) is 5. The number of hydrogen-bond acceptors (Lipinski definition) is 12. The van der Waals surface area contributed by atoms with Gasteiger partial charge >= 0.3 is 0 Å². The molecule has 3 rings (SSSR count). The van der Waals surface area contributed by atoms with Crippen molar-refractivity contribution in [2.75, 3.05) is 26.1 Å². The molecule has 2 saturated heterocycles. The number of aliphatic hydroxyl groups excluding tert-OH is 6. The van der Waals surface area contributed by atoms with Gasteiger partial charge in [0.25, 0.3) is 0 Å². The Hall–Kier alpha value is -1.58. The van der Waals surface area contributed by atoms with Crippen molar-refractivity contribution in [3.63, 3.8) is 0 Å². The third-order valence-electron chi connectivity index (χ3n) is 5.34. The molecule has 0 aliphatic carbocycles. The first-order chi connectivity index (χ1) is 14.8. The first-order valence-corrected chi connectivity index (χ1v) is 9.76. The summed E-state index contributed by atoms with van der Waals surface area (Å²) in [6, 6.07) is 6.25. The van der Waals surface area contributed by atoms with Crippen LogP contribution in [-0.4, -0.2) is 112 Å². The van der Waals surface area contributed by atoms with E-state index in [1.165, 1.54) is 7.11 Å².